The Kier molecular flexibility index (Phi) is 8.92. The predicted octanol–water partition coefficient (Wildman–Crippen LogP) is 10.6. The second-order valence-electron chi connectivity index (χ2n) is 10.3. The molecule has 0 amide bonds. The third-order valence-corrected chi connectivity index (χ3v) is 7.54. The molecule has 1 saturated carbocycles. The van der Waals surface area contributed by atoms with Crippen LogP contribution in [-0.2, 0) is 12.3 Å². The number of ether oxygens (including phenoxy) is 1. The number of hydrogen-bond donors (Lipinski definition) is 0. The molecule has 0 heterocycles. The van der Waals surface area contributed by atoms with Crippen molar-refractivity contribution >= 4 is 0 Å². The molecule has 0 atom stereocenters. The fourth-order valence-electron chi connectivity index (χ4n) is 5.41. The summed E-state index contributed by atoms with van der Waals surface area (Å²) in [5.41, 5.74) is -1.97. The lowest BCUT2D eigenvalue weighted by molar-refractivity contribution is -0.185. The largest absolute Gasteiger partial charge is 0.428 e. The van der Waals surface area contributed by atoms with Gasteiger partial charge in [-0.15, -0.1) is 0 Å². The minimum atomic E-state index is -5.24. The van der Waals surface area contributed by atoms with E-state index in [0.717, 1.165) is 37.2 Å². The average molecular weight is 553 g/mol. The van der Waals surface area contributed by atoms with Gasteiger partial charge in [0.15, 0.2) is 0 Å². The number of rotatable bonds is 9. The summed E-state index contributed by atoms with van der Waals surface area (Å²) in [7, 11) is 0. The van der Waals surface area contributed by atoms with Crippen molar-refractivity contribution in [1.29, 1.82) is 0 Å². The van der Waals surface area contributed by atoms with Gasteiger partial charge in [-0.05, 0) is 79.0 Å². The van der Waals surface area contributed by atoms with E-state index < -0.39 is 40.8 Å². The summed E-state index contributed by atoms with van der Waals surface area (Å²) in [4.78, 5) is 0. The molecule has 4 rings (SSSR count). The van der Waals surface area contributed by atoms with E-state index >= 15 is 8.78 Å². The quantitative estimate of drug-likeness (QED) is 0.190. The molecule has 1 aliphatic carbocycles. The highest BCUT2D eigenvalue weighted by atomic mass is 19.4. The van der Waals surface area contributed by atoms with E-state index in [0.29, 0.717) is 18.1 Å². The standard InChI is InChI=1S/C31H31F7O/c1-2-3-4-7-20-10-12-21(13-11-20)22-14-16-24(17-15-22)31(37,38)39-28-9-6-5-8-25(28)23-18-26(32)29(27(33)19-23)30(34,35)36/h5-6,8-9,14-21H,2-4,7,10-13H2,1H3/t20-,21-. The zero-order chi connectivity index (χ0) is 28.2. The van der Waals surface area contributed by atoms with Crippen LogP contribution in [0, 0.1) is 17.6 Å². The van der Waals surface area contributed by atoms with Crippen molar-refractivity contribution < 1.29 is 35.5 Å². The number of hydrogen-bond acceptors (Lipinski definition) is 1. The first-order chi connectivity index (χ1) is 18.5. The summed E-state index contributed by atoms with van der Waals surface area (Å²) in [6, 6.07) is 12.1. The smallest absolute Gasteiger partial charge is 0.426 e. The Labute approximate surface area is 224 Å². The van der Waals surface area contributed by atoms with Crippen LogP contribution < -0.4 is 4.74 Å². The molecule has 0 bridgehead atoms. The van der Waals surface area contributed by atoms with E-state index in [9.17, 15) is 22.0 Å². The minimum absolute atomic E-state index is 0.170. The lowest BCUT2D eigenvalue weighted by Gasteiger charge is -2.29. The van der Waals surface area contributed by atoms with Crippen LogP contribution in [0.2, 0.25) is 0 Å². The first-order valence-corrected chi connectivity index (χ1v) is 13.3. The van der Waals surface area contributed by atoms with Gasteiger partial charge in [-0.3, -0.25) is 0 Å². The lowest BCUT2D eigenvalue weighted by Crippen LogP contribution is -2.22. The first kappa shape index (κ1) is 29.0. The van der Waals surface area contributed by atoms with Crippen LogP contribution >= 0.6 is 0 Å². The molecule has 39 heavy (non-hydrogen) atoms. The van der Waals surface area contributed by atoms with Gasteiger partial charge in [0, 0.05) is 5.56 Å². The lowest BCUT2D eigenvalue weighted by atomic mass is 9.77. The molecule has 1 nitrogen and oxygen atoms in total. The molecule has 0 spiro atoms. The molecule has 0 aromatic heterocycles. The van der Waals surface area contributed by atoms with Crippen molar-refractivity contribution in [2.45, 2.75) is 76.5 Å². The third-order valence-electron chi connectivity index (χ3n) is 7.54. The van der Waals surface area contributed by atoms with E-state index in [-0.39, 0.29) is 11.1 Å². The number of benzene rings is 3. The maximum absolute atomic E-state index is 15.2. The highest BCUT2D eigenvalue weighted by Crippen LogP contribution is 2.42. The Morgan fingerprint density at radius 1 is 0.795 bits per heavy atom. The fourth-order valence-corrected chi connectivity index (χ4v) is 5.41. The fraction of sp³-hybridized carbons (Fsp3) is 0.419. The van der Waals surface area contributed by atoms with Crippen LogP contribution in [-0.4, -0.2) is 0 Å². The van der Waals surface area contributed by atoms with Gasteiger partial charge in [-0.2, -0.15) is 22.0 Å². The molecule has 0 radical (unpaired) electrons. The van der Waals surface area contributed by atoms with Crippen molar-refractivity contribution in [3.8, 4) is 16.9 Å². The number of alkyl halides is 5. The molecule has 0 saturated heterocycles. The van der Waals surface area contributed by atoms with Gasteiger partial charge in [0.05, 0.1) is 5.56 Å². The normalized spacial score (nSPS) is 18.3. The van der Waals surface area contributed by atoms with Crippen LogP contribution in [0.3, 0.4) is 0 Å². The van der Waals surface area contributed by atoms with Gasteiger partial charge in [-0.25, -0.2) is 8.78 Å². The number of unbranched alkanes of at least 4 members (excludes halogenated alkanes) is 2. The highest BCUT2D eigenvalue weighted by molar-refractivity contribution is 5.71. The first-order valence-electron chi connectivity index (χ1n) is 13.3. The summed E-state index contributed by atoms with van der Waals surface area (Å²) >= 11 is 0. The Balaban J connectivity index is 1.48. The van der Waals surface area contributed by atoms with Crippen LogP contribution in [0.1, 0.15) is 80.9 Å². The van der Waals surface area contributed by atoms with Gasteiger partial charge < -0.3 is 4.74 Å². The number of halogens is 7. The second-order valence-corrected chi connectivity index (χ2v) is 10.3. The van der Waals surface area contributed by atoms with E-state index in [1.54, 1.807) is 12.1 Å². The molecule has 8 heteroatoms. The molecule has 210 valence electrons. The van der Waals surface area contributed by atoms with E-state index in [1.165, 1.54) is 62.1 Å². The Bertz CT molecular complexity index is 1220. The topological polar surface area (TPSA) is 9.23 Å². The van der Waals surface area contributed by atoms with Crippen LogP contribution in [0.4, 0.5) is 30.7 Å². The van der Waals surface area contributed by atoms with Gasteiger partial charge >= 0.3 is 12.3 Å². The van der Waals surface area contributed by atoms with Crippen molar-refractivity contribution in [2.75, 3.05) is 0 Å². The summed E-state index contributed by atoms with van der Waals surface area (Å²) in [5, 5.41) is 0. The SMILES string of the molecule is CCCCC[C@H]1CC[C@H](c2ccc(C(F)(F)Oc3ccccc3-c3cc(F)c(C(F)(F)F)c(F)c3)cc2)CC1. The molecule has 1 aliphatic rings. The minimum Gasteiger partial charge on any atom is -0.428 e. The molecule has 3 aromatic rings. The Morgan fingerprint density at radius 3 is 2.00 bits per heavy atom. The van der Waals surface area contributed by atoms with E-state index in [4.69, 9.17) is 4.74 Å². The third kappa shape index (κ3) is 6.95. The van der Waals surface area contributed by atoms with Crippen molar-refractivity contribution in [1.82, 2.24) is 0 Å². The zero-order valence-corrected chi connectivity index (χ0v) is 21.6. The molecule has 1 fully saturated rings. The van der Waals surface area contributed by atoms with Gasteiger partial charge in [0.25, 0.3) is 0 Å². The maximum Gasteiger partial charge on any atom is 0.426 e. The molecule has 0 unspecified atom stereocenters. The van der Waals surface area contributed by atoms with Gasteiger partial charge in [0.2, 0.25) is 0 Å². The summed E-state index contributed by atoms with van der Waals surface area (Å²) < 4.78 is 103. The van der Waals surface area contributed by atoms with Gasteiger partial charge in [-0.1, -0.05) is 62.9 Å². The molecular weight excluding hydrogens is 521 g/mol. The van der Waals surface area contributed by atoms with Gasteiger partial charge in [0.1, 0.15) is 22.9 Å². The summed E-state index contributed by atoms with van der Waals surface area (Å²) in [6.45, 7) is 2.19. The van der Waals surface area contributed by atoms with E-state index in [1.807, 2.05) is 0 Å². The van der Waals surface area contributed by atoms with Crippen LogP contribution in [0.15, 0.2) is 60.7 Å². The molecule has 0 aliphatic heterocycles. The van der Waals surface area contributed by atoms with Crippen molar-refractivity contribution in [2.24, 2.45) is 5.92 Å². The van der Waals surface area contributed by atoms with Crippen molar-refractivity contribution in [3.63, 3.8) is 0 Å². The Hall–Kier alpha value is -3.03. The average Bonchev–Trinajstić information content (AvgIpc) is 2.88. The van der Waals surface area contributed by atoms with Crippen molar-refractivity contribution in [3.05, 3.63) is 89.0 Å². The van der Waals surface area contributed by atoms with Crippen LogP contribution in [0.5, 0.6) is 5.75 Å². The molecular formula is C31H31F7O. The summed E-state index contributed by atoms with van der Waals surface area (Å²) in [6.07, 6.45) is 0.234. The number of para-hydroxylation sites is 1. The Morgan fingerprint density at radius 2 is 1.41 bits per heavy atom. The maximum atomic E-state index is 15.2. The zero-order valence-electron chi connectivity index (χ0n) is 21.6. The predicted molar refractivity (Wildman–Crippen MR) is 137 cm³/mol. The second kappa shape index (κ2) is 12.0. The molecule has 3 aromatic carbocycles. The van der Waals surface area contributed by atoms with Crippen LogP contribution in [0.25, 0.3) is 11.1 Å². The highest BCUT2D eigenvalue weighted by Gasteiger charge is 2.39. The molecule has 0 N–H and O–H groups in total. The van der Waals surface area contributed by atoms with E-state index in [2.05, 4.69) is 6.92 Å². The monoisotopic (exact) mass is 552 g/mol. The summed E-state index contributed by atoms with van der Waals surface area (Å²) in [5.74, 6) is -3.06.